The first-order chi connectivity index (χ1) is 7.61. The predicted octanol–water partition coefficient (Wildman–Crippen LogP) is 1.70. The molecule has 0 radical (unpaired) electrons. The van der Waals surface area contributed by atoms with E-state index in [1.165, 1.54) is 11.3 Å². The number of thiazole rings is 1. The fourth-order valence-electron chi connectivity index (χ4n) is 1.31. The second-order valence-corrected chi connectivity index (χ2v) is 4.34. The average Bonchev–Trinajstić information content (AvgIpc) is 2.59. The van der Waals surface area contributed by atoms with Crippen molar-refractivity contribution < 1.29 is 4.74 Å². The molecule has 0 aliphatic carbocycles. The second-order valence-electron chi connectivity index (χ2n) is 3.16. The normalized spacial score (nSPS) is 10.6. The Labute approximate surface area is 95.8 Å². The van der Waals surface area contributed by atoms with E-state index in [1.807, 2.05) is 13.8 Å². The summed E-state index contributed by atoms with van der Waals surface area (Å²) in [5.41, 5.74) is 0.112. The fraction of sp³-hybridized carbons (Fsp3) is 0.300. The fourth-order valence-corrected chi connectivity index (χ4v) is 2.10. The molecule has 16 heavy (non-hydrogen) atoms. The maximum atomic E-state index is 11.7. The molecule has 2 aromatic rings. The molecule has 2 heterocycles. The molecule has 0 amide bonds. The summed E-state index contributed by atoms with van der Waals surface area (Å²) >= 11 is 1.38. The summed E-state index contributed by atoms with van der Waals surface area (Å²) < 4.78 is 5.20. The minimum Gasteiger partial charge on any atom is -0.491 e. The Morgan fingerprint density at radius 2 is 2.31 bits per heavy atom. The van der Waals surface area contributed by atoms with Gasteiger partial charge in [-0.15, -0.1) is 0 Å². The van der Waals surface area contributed by atoms with Crippen molar-refractivity contribution in [3.05, 3.63) is 27.8 Å². The van der Waals surface area contributed by atoms with Crippen LogP contribution in [0.3, 0.4) is 0 Å². The average molecular weight is 237 g/mol. The summed E-state index contributed by atoms with van der Waals surface area (Å²) in [5, 5.41) is 0.812. The summed E-state index contributed by atoms with van der Waals surface area (Å²) in [6.07, 6.45) is 0. The molecule has 1 N–H and O–H groups in total. The molecule has 6 heteroatoms. The van der Waals surface area contributed by atoms with Gasteiger partial charge < -0.3 is 9.72 Å². The van der Waals surface area contributed by atoms with Crippen molar-refractivity contribution in [2.75, 3.05) is 6.61 Å². The van der Waals surface area contributed by atoms with Gasteiger partial charge in [0.2, 0.25) is 0 Å². The summed E-state index contributed by atoms with van der Waals surface area (Å²) in [5.74, 6) is 0.732. The Hall–Kier alpha value is -1.69. The molecule has 5 nitrogen and oxygen atoms in total. The van der Waals surface area contributed by atoms with E-state index in [-0.39, 0.29) is 5.56 Å². The van der Waals surface area contributed by atoms with Crippen LogP contribution >= 0.6 is 11.3 Å². The van der Waals surface area contributed by atoms with Crippen molar-refractivity contribution in [3.63, 3.8) is 0 Å². The van der Waals surface area contributed by atoms with Crippen molar-refractivity contribution >= 4 is 27.4 Å². The topological polar surface area (TPSA) is 67.9 Å². The van der Waals surface area contributed by atoms with E-state index in [2.05, 4.69) is 21.5 Å². The lowest BCUT2D eigenvalue weighted by atomic mass is 10.4. The van der Waals surface area contributed by atoms with Gasteiger partial charge in [-0.25, -0.2) is 9.97 Å². The summed E-state index contributed by atoms with van der Waals surface area (Å²) in [6, 6.07) is 0. The van der Waals surface area contributed by atoms with Crippen LogP contribution in [0.4, 0.5) is 0 Å². The molecule has 0 saturated heterocycles. The highest BCUT2D eigenvalue weighted by Gasteiger charge is 2.10. The molecule has 0 bridgehead atoms. The van der Waals surface area contributed by atoms with Crippen LogP contribution in [-0.2, 0) is 4.74 Å². The number of nitrogens with zero attached hydrogens (tertiary/aromatic N) is 2. The van der Waals surface area contributed by atoms with Crippen LogP contribution in [0.1, 0.15) is 17.8 Å². The molecule has 0 saturated carbocycles. The standard InChI is InChI=1S/C10H11N3O2S/c1-4-15-5(2)8-12-9(14)7-10(13-8)16-6(3)11-7/h2,4H2,1,3H3,(H,12,13,14). The van der Waals surface area contributed by atoms with Crippen LogP contribution in [0, 0.1) is 6.92 Å². The van der Waals surface area contributed by atoms with Gasteiger partial charge in [-0.3, -0.25) is 4.79 Å². The Bertz CT molecular complexity index is 600. The number of hydrogen-bond donors (Lipinski definition) is 1. The Morgan fingerprint density at radius 3 is 3.00 bits per heavy atom. The molecule has 0 atom stereocenters. The van der Waals surface area contributed by atoms with Crippen LogP contribution in [0.5, 0.6) is 0 Å². The van der Waals surface area contributed by atoms with Gasteiger partial charge in [-0.2, -0.15) is 0 Å². The maximum Gasteiger partial charge on any atom is 0.278 e. The number of fused-ring (bicyclic) bond motifs is 1. The lowest BCUT2D eigenvalue weighted by molar-refractivity contribution is 0.296. The van der Waals surface area contributed by atoms with Gasteiger partial charge in [0.05, 0.1) is 11.6 Å². The van der Waals surface area contributed by atoms with Gasteiger partial charge in [-0.05, 0) is 13.8 Å². The highest BCUT2D eigenvalue weighted by Crippen LogP contribution is 2.17. The molecule has 0 unspecified atom stereocenters. The zero-order valence-electron chi connectivity index (χ0n) is 9.03. The minimum atomic E-state index is -0.259. The molecule has 0 aliphatic rings. The SMILES string of the molecule is C=C(OCC)c1nc2sc(C)nc2c(=O)[nH]1. The van der Waals surface area contributed by atoms with Gasteiger partial charge in [0.25, 0.3) is 5.56 Å². The second kappa shape index (κ2) is 4.05. The van der Waals surface area contributed by atoms with E-state index in [0.717, 1.165) is 5.01 Å². The highest BCUT2D eigenvalue weighted by molar-refractivity contribution is 7.18. The number of aryl methyl sites for hydroxylation is 1. The molecule has 0 aromatic carbocycles. The van der Waals surface area contributed by atoms with Crippen LogP contribution in [0.25, 0.3) is 16.1 Å². The lowest BCUT2D eigenvalue weighted by Gasteiger charge is -2.04. The monoisotopic (exact) mass is 237 g/mol. The first kappa shape index (κ1) is 10.8. The number of hydrogen-bond acceptors (Lipinski definition) is 5. The molecule has 0 spiro atoms. The van der Waals surface area contributed by atoms with Gasteiger partial charge in [0.1, 0.15) is 0 Å². The Kier molecular flexibility index (Phi) is 2.74. The maximum absolute atomic E-state index is 11.7. The van der Waals surface area contributed by atoms with Crippen molar-refractivity contribution in [3.8, 4) is 0 Å². The number of H-pyrrole nitrogens is 1. The molecule has 84 valence electrons. The third-order valence-corrected chi connectivity index (χ3v) is 2.82. The molecule has 0 fully saturated rings. The number of rotatable bonds is 3. The van der Waals surface area contributed by atoms with Crippen molar-refractivity contribution in [2.24, 2.45) is 0 Å². The lowest BCUT2D eigenvalue weighted by Crippen LogP contribution is -2.11. The molecular weight excluding hydrogens is 226 g/mol. The van der Waals surface area contributed by atoms with Crippen molar-refractivity contribution in [2.45, 2.75) is 13.8 Å². The number of aromatic amines is 1. The van der Waals surface area contributed by atoms with Crippen molar-refractivity contribution in [1.29, 1.82) is 0 Å². The predicted molar refractivity (Wildman–Crippen MR) is 63.4 cm³/mol. The van der Waals surface area contributed by atoms with Crippen molar-refractivity contribution in [1.82, 2.24) is 15.0 Å². The van der Waals surface area contributed by atoms with E-state index >= 15 is 0 Å². The highest BCUT2D eigenvalue weighted by atomic mass is 32.1. The number of aromatic nitrogens is 3. The summed E-state index contributed by atoms with van der Waals surface area (Å²) in [6.45, 7) is 7.87. The van der Waals surface area contributed by atoms with Gasteiger partial charge in [0.15, 0.2) is 21.9 Å². The van der Waals surface area contributed by atoms with Crippen LogP contribution in [-0.4, -0.2) is 21.6 Å². The Morgan fingerprint density at radius 1 is 1.56 bits per heavy atom. The third-order valence-electron chi connectivity index (χ3n) is 1.96. The Balaban J connectivity index is 2.57. The van der Waals surface area contributed by atoms with Gasteiger partial charge >= 0.3 is 0 Å². The zero-order valence-corrected chi connectivity index (χ0v) is 9.85. The molecular formula is C10H11N3O2S. The first-order valence-electron chi connectivity index (χ1n) is 4.81. The molecule has 2 rings (SSSR count). The molecule has 0 aliphatic heterocycles. The third kappa shape index (κ3) is 1.83. The van der Waals surface area contributed by atoms with Gasteiger partial charge in [-0.1, -0.05) is 17.9 Å². The van der Waals surface area contributed by atoms with Gasteiger partial charge in [0, 0.05) is 0 Å². The number of nitrogens with one attached hydrogen (secondary N) is 1. The minimum absolute atomic E-state index is 0.259. The first-order valence-corrected chi connectivity index (χ1v) is 5.63. The largest absolute Gasteiger partial charge is 0.491 e. The van der Waals surface area contributed by atoms with E-state index in [9.17, 15) is 4.79 Å². The smallest absolute Gasteiger partial charge is 0.278 e. The van der Waals surface area contributed by atoms with E-state index in [0.29, 0.717) is 28.5 Å². The van der Waals surface area contributed by atoms with E-state index in [4.69, 9.17) is 4.74 Å². The summed E-state index contributed by atoms with van der Waals surface area (Å²) in [7, 11) is 0. The van der Waals surface area contributed by atoms with E-state index in [1.54, 1.807) is 0 Å². The van der Waals surface area contributed by atoms with Crippen LogP contribution < -0.4 is 5.56 Å². The zero-order chi connectivity index (χ0) is 11.7. The summed E-state index contributed by atoms with van der Waals surface area (Å²) in [4.78, 5) is 23.2. The number of ether oxygens (including phenoxy) is 1. The van der Waals surface area contributed by atoms with E-state index < -0.39 is 0 Å². The van der Waals surface area contributed by atoms with Crippen LogP contribution in [0.15, 0.2) is 11.4 Å². The quantitative estimate of drug-likeness (QED) is 0.825. The molecule has 2 aromatic heterocycles. The van der Waals surface area contributed by atoms with Crippen LogP contribution in [0.2, 0.25) is 0 Å².